The van der Waals surface area contributed by atoms with Crippen molar-refractivity contribution in [3.05, 3.63) is 23.9 Å². The molecule has 1 N–H and O–H groups in total. The summed E-state index contributed by atoms with van der Waals surface area (Å²) in [5.74, 6) is -5.86. The Morgan fingerprint density at radius 3 is 2.32 bits per heavy atom. The molecule has 0 atom stereocenters. The van der Waals surface area contributed by atoms with Crippen LogP contribution >= 0.6 is 0 Å². The summed E-state index contributed by atoms with van der Waals surface area (Å²) in [5, 5.41) is 8.86. The molecule has 0 aromatic carbocycles. The molecule has 0 spiro atoms. The highest BCUT2D eigenvalue weighted by molar-refractivity contribution is 7.91. The number of carbonyl (C=O) groups excluding carboxylic acids is 1. The molecule has 0 fully saturated rings. The van der Waals surface area contributed by atoms with Gasteiger partial charge in [0.2, 0.25) is 0 Å². The summed E-state index contributed by atoms with van der Waals surface area (Å²) in [6.45, 7) is 1.38. The first-order valence-electron chi connectivity index (χ1n) is 9.47. The number of urea groups is 1. The Bertz CT molecular complexity index is 1370. The fraction of sp³-hybridized carbons (Fsp3) is 0.389. The van der Waals surface area contributed by atoms with E-state index in [0.29, 0.717) is 6.07 Å². The van der Waals surface area contributed by atoms with Gasteiger partial charge >= 0.3 is 18.1 Å². The monoisotopic (exact) mass is 507 g/mol. The van der Waals surface area contributed by atoms with Crippen molar-refractivity contribution in [2.45, 2.75) is 23.9 Å². The van der Waals surface area contributed by atoms with Crippen LogP contribution in [-0.2, 0) is 22.8 Å². The lowest BCUT2D eigenvalue weighted by Gasteiger charge is -2.17. The zero-order valence-corrected chi connectivity index (χ0v) is 19.0. The zero-order valence-electron chi connectivity index (χ0n) is 18.1. The molecule has 10 nitrogen and oxygen atoms in total. The van der Waals surface area contributed by atoms with Crippen LogP contribution < -0.4 is 5.32 Å². The number of rotatable bonds is 5. The van der Waals surface area contributed by atoms with Crippen molar-refractivity contribution in [3.8, 4) is 11.5 Å². The molecule has 3 heterocycles. The SMILES string of the molecule is CCS(=O)(=O)c1ccc(NC(=O)N(C)C)nc1-c1nc2cc(C(F)(F)C(F)(F)F)nnc2n1C. The number of aryl methyl sites for hydroxylation is 1. The van der Waals surface area contributed by atoms with Crippen molar-refractivity contribution in [2.75, 3.05) is 25.2 Å². The number of halogens is 5. The van der Waals surface area contributed by atoms with Gasteiger partial charge in [-0.05, 0) is 18.2 Å². The number of carbonyl (C=O) groups is 1. The maximum absolute atomic E-state index is 13.7. The van der Waals surface area contributed by atoms with Crippen LogP contribution in [0.5, 0.6) is 0 Å². The molecule has 184 valence electrons. The molecule has 0 radical (unpaired) electrons. The maximum Gasteiger partial charge on any atom is 0.459 e. The van der Waals surface area contributed by atoms with E-state index in [9.17, 15) is 35.2 Å². The van der Waals surface area contributed by atoms with Crippen molar-refractivity contribution in [1.82, 2.24) is 29.6 Å². The highest BCUT2D eigenvalue weighted by Gasteiger charge is 2.60. The highest BCUT2D eigenvalue weighted by Crippen LogP contribution is 2.43. The molecule has 0 aliphatic carbocycles. The summed E-state index contributed by atoms with van der Waals surface area (Å²) in [7, 11) is 0.368. The fourth-order valence-corrected chi connectivity index (χ4v) is 3.82. The number of imidazole rings is 1. The quantitative estimate of drug-likeness (QED) is 0.527. The van der Waals surface area contributed by atoms with Crippen LogP contribution in [0.2, 0.25) is 0 Å². The Morgan fingerprint density at radius 1 is 1.12 bits per heavy atom. The molecule has 0 saturated heterocycles. The number of sulfone groups is 1. The van der Waals surface area contributed by atoms with Gasteiger partial charge in [-0.3, -0.25) is 5.32 Å². The number of fused-ring (bicyclic) bond motifs is 1. The molecular weight excluding hydrogens is 489 g/mol. The van der Waals surface area contributed by atoms with Crippen LogP contribution in [0.4, 0.5) is 32.6 Å². The minimum atomic E-state index is -5.91. The van der Waals surface area contributed by atoms with Gasteiger partial charge in [-0.15, -0.1) is 10.2 Å². The van der Waals surface area contributed by atoms with Gasteiger partial charge in [0.05, 0.1) is 10.6 Å². The third-order valence-electron chi connectivity index (χ3n) is 4.72. The number of hydrogen-bond donors (Lipinski definition) is 1. The third-order valence-corrected chi connectivity index (χ3v) is 6.48. The van der Waals surface area contributed by atoms with E-state index >= 15 is 0 Å². The van der Waals surface area contributed by atoms with Gasteiger partial charge in [0.1, 0.15) is 22.7 Å². The van der Waals surface area contributed by atoms with E-state index in [2.05, 4.69) is 25.5 Å². The molecule has 2 amide bonds. The normalized spacial score (nSPS) is 12.7. The number of pyridine rings is 1. The highest BCUT2D eigenvalue weighted by atomic mass is 32.2. The average Bonchev–Trinajstić information content (AvgIpc) is 3.08. The maximum atomic E-state index is 13.7. The zero-order chi connectivity index (χ0) is 25.6. The van der Waals surface area contributed by atoms with E-state index in [0.717, 1.165) is 4.57 Å². The van der Waals surface area contributed by atoms with Crippen molar-refractivity contribution >= 4 is 32.9 Å². The van der Waals surface area contributed by atoms with Crippen LogP contribution in [0.3, 0.4) is 0 Å². The minimum absolute atomic E-state index is 0.0498. The summed E-state index contributed by atoms with van der Waals surface area (Å²) in [4.78, 5) is 21.0. The van der Waals surface area contributed by atoms with Gasteiger partial charge in [0, 0.05) is 21.1 Å². The number of aromatic nitrogens is 5. The van der Waals surface area contributed by atoms with Crippen LogP contribution in [0.15, 0.2) is 23.1 Å². The van der Waals surface area contributed by atoms with Crippen LogP contribution in [0, 0.1) is 0 Å². The Balaban J connectivity index is 2.24. The van der Waals surface area contributed by atoms with Gasteiger partial charge in [0.15, 0.2) is 21.3 Å². The first-order valence-corrected chi connectivity index (χ1v) is 11.1. The van der Waals surface area contributed by atoms with Crippen molar-refractivity contribution in [1.29, 1.82) is 0 Å². The fourth-order valence-electron chi connectivity index (χ4n) is 2.80. The lowest BCUT2D eigenvalue weighted by molar-refractivity contribution is -0.291. The topological polar surface area (TPSA) is 123 Å². The molecule has 0 saturated carbocycles. The molecule has 0 bridgehead atoms. The number of amides is 2. The summed E-state index contributed by atoms with van der Waals surface area (Å²) >= 11 is 0. The molecule has 16 heteroatoms. The number of hydrogen-bond acceptors (Lipinski definition) is 7. The van der Waals surface area contributed by atoms with Gasteiger partial charge in [-0.25, -0.2) is 23.2 Å². The predicted octanol–water partition coefficient (Wildman–Crippen LogP) is 2.97. The molecule has 3 rings (SSSR count). The second kappa shape index (κ2) is 8.41. The first-order chi connectivity index (χ1) is 15.6. The smallest absolute Gasteiger partial charge is 0.331 e. The molecule has 0 unspecified atom stereocenters. The van der Waals surface area contributed by atoms with Crippen molar-refractivity contribution in [3.63, 3.8) is 0 Å². The van der Waals surface area contributed by atoms with Gasteiger partial charge in [-0.2, -0.15) is 22.0 Å². The molecule has 3 aromatic heterocycles. The van der Waals surface area contributed by atoms with E-state index in [1.165, 1.54) is 45.1 Å². The van der Waals surface area contributed by atoms with E-state index in [1.807, 2.05) is 0 Å². The summed E-state index contributed by atoms with van der Waals surface area (Å²) in [5.41, 5.74) is -2.52. The summed E-state index contributed by atoms with van der Waals surface area (Å²) in [6.07, 6.45) is -5.91. The Kier molecular flexibility index (Phi) is 6.23. The van der Waals surface area contributed by atoms with Crippen LogP contribution in [0.1, 0.15) is 12.6 Å². The average molecular weight is 507 g/mol. The second-order valence-electron chi connectivity index (χ2n) is 7.28. The van der Waals surface area contributed by atoms with E-state index < -0.39 is 39.2 Å². The van der Waals surface area contributed by atoms with Crippen LogP contribution in [-0.4, -0.2) is 70.1 Å². The number of nitrogens with one attached hydrogen (secondary N) is 1. The van der Waals surface area contributed by atoms with Crippen LogP contribution in [0.25, 0.3) is 22.7 Å². The second-order valence-corrected chi connectivity index (χ2v) is 9.52. The van der Waals surface area contributed by atoms with Gasteiger partial charge < -0.3 is 9.47 Å². The van der Waals surface area contributed by atoms with Gasteiger partial charge in [0.25, 0.3) is 0 Å². The molecular formula is C18H18F5N7O3S. The standard InChI is InChI=1S/C18H18F5N7O3S/c1-5-34(32,33)10-6-7-12(26-16(31)29(2)3)25-13(10)15-24-9-8-11(17(19,20)18(21,22)23)27-28-14(9)30(15)4/h6-8H,5H2,1-4H3,(H,25,26,31). The molecule has 34 heavy (non-hydrogen) atoms. The summed E-state index contributed by atoms with van der Waals surface area (Å²) in [6, 6.07) is 2.28. The Morgan fingerprint density at radius 2 is 1.76 bits per heavy atom. The van der Waals surface area contributed by atoms with E-state index in [4.69, 9.17) is 0 Å². The third kappa shape index (κ3) is 4.36. The Hall–Kier alpha value is -3.43. The number of anilines is 1. The first kappa shape index (κ1) is 25.2. The molecule has 0 aliphatic rings. The largest absolute Gasteiger partial charge is 0.459 e. The van der Waals surface area contributed by atoms with E-state index in [-0.39, 0.29) is 33.6 Å². The minimum Gasteiger partial charge on any atom is -0.331 e. The van der Waals surface area contributed by atoms with Gasteiger partial charge in [-0.1, -0.05) is 6.92 Å². The molecule has 3 aromatic rings. The summed E-state index contributed by atoms with van der Waals surface area (Å²) < 4.78 is 92.1. The molecule has 0 aliphatic heterocycles. The number of nitrogens with zero attached hydrogens (tertiary/aromatic N) is 6. The lowest BCUT2D eigenvalue weighted by atomic mass is 10.2. The lowest BCUT2D eigenvalue weighted by Crippen LogP contribution is -2.34. The van der Waals surface area contributed by atoms with Crippen molar-refractivity contribution in [2.24, 2.45) is 7.05 Å². The van der Waals surface area contributed by atoms with Crippen molar-refractivity contribution < 1.29 is 35.2 Å². The number of alkyl halides is 5. The Labute approximate surface area is 189 Å². The predicted molar refractivity (Wildman–Crippen MR) is 110 cm³/mol. The van der Waals surface area contributed by atoms with E-state index in [1.54, 1.807) is 0 Å².